The highest BCUT2D eigenvalue weighted by atomic mass is 16.5. The molecule has 1 nitrogen and oxygen atoms in total. The Balaban J connectivity index is 1.44. The number of fused-ring (bicyclic) bond motifs is 18. The van der Waals surface area contributed by atoms with Crippen LogP contribution in [0.4, 0.5) is 0 Å². The summed E-state index contributed by atoms with van der Waals surface area (Å²) in [6.45, 7) is 4.46. The summed E-state index contributed by atoms with van der Waals surface area (Å²) in [4.78, 5) is 0. The van der Waals surface area contributed by atoms with E-state index < -0.39 is 10.8 Å². The molecule has 0 radical (unpaired) electrons. The van der Waals surface area contributed by atoms with E-state index in [2.05, 4.69) is 146 Å². The van der Waals surface area contributed by atoms with Gasteiger partial charge in [0.2, 0.25) is 0 Å². The number of benzene rings is 6. The maximum atomic E-state index is 6.67. The Bertz CT molecular complexity index is 2240. The van der Waals surface area contributed by atoms with Crippen molar-refractivity contribution in [2.45, 2.75) is 10.8 Å². The minimum absolute atomic E-state index is 0.459. The highest BCUT2D eigenvalue weighted by Crippen LogP contribution is 2.68. The maximum Gasteiger partial charge on any atom is 0.139 e. The van der Waals surface area contributed by atoms with Gasteiger partial charge in [0.25, 0.3) is 0 Å². The predicted molar refractivity (Wildman–Crippen MR) is 183 cm³/mol. The molecule has 0 amide bonds. The van der Waals surface area contributed by atoms with Crippen molar-refractivity contribution in [1.29, 1.82) is 0 Å². The Morgan fingerprint density at radius 2 is 0.822 bits per heavy atom. The highest BCUT2D eigenvalue weighted by Gasteiger charge is 2.59. The first-order chi connectivity index (χ1) is 22.3. The van der Waals surface area contributed by atoms with Crippen LogP contribution in [0.15, 0.2) is 165 Å². The molecule has 45 heavy (non-hydrogen) atoms. The lowest BCUT2D eigenvalue weighted by atomic mass is 9.52. The van der Waals surface area contributed by atoms with Crippen molar-refractivity contribution in [3.63, 3.8) is 0 Å². The molecule has 0 bridgehead atoms. The van der Waals surface area contributed by atoms with E-state index in [1.54, 1.807) is 0 Å². The van der Waals surface area contributed by atoms with Crippen molar-refractivity contribution in [2.75, 3.05) is 0 Å². The van der Waals surface area contributed by atoms with Crippen LogP contribution < -0.4 is 4.74 Å². The lowest BCUT2D eigenvalue weighted by Crippen LogP contribution is -2.43. The number of ether oxygens (including phenoxy) is 1. The minimum atomic E-state index is -0.598. The van der Waals surface area contributed by atoms with Crippen molar-refractivity contribution in [3.05, 3.63) is 215 Å². The lowest BCUT2D eigenvalue weighted by Gasteiger charge is -2.49. The molecule has 0 atom stereocenters. The maximum absolute atomic E-state index is 6.67. The second kappa shape index (κ2) is 8.71. The largest absolute Gasteiger partial charge is 0.464 e. The van der Waals surface area contributed by atoms with E-state index >= 15 is 0 Å². The predicted octanol–water partition coefficient (Wildman–Crippen LogP) is 10.2. The average molecular weight is 573 g/mol. The Morgan fingerprint density at radius 3 is 1.38 bits per heavy atom. The second-order valence-electron chi connectivity index (χ2n) is 12.4. The van der Waals surface area contributed by atoms with Gasteiger partial charge >= 0.3 is 0 Å². The molecule has 210 valence electrons. The van der Waals surface area contributed by atoms with Gasteiger partial charge in [-0.15, -0.1) is 0 Å². The Labute approximate surface area is 263 Å². The monoisotopic (exact) mass is 572 g/mol. The summed E-state index contributed by atoms with van der Waals surface area (Å²) in [7, 11) is 0. The second-order valence-corrected chi connectivity index (χ2v) is 12.4. The first-order valence-corrected chi connectivity index (χ1v) is 15.6. The van der Waals surface area contributed by atoms with Crippen LogP contribution in [0, 0.1) is 0 Å². The number of allylic oxidation sites excluding steroid dienone is 4. The van der Waals surface area contributed by atoms with Crippen LogP contribution >= 0.6 is 0 Å². The summed E-state index contributed by atoms with van der Waals surface area (Å²) in [5.74, 6) is 0.877. The Kier molecular flexibility index (Phi) is 4.79. The van der Waals surface area contributed by atoms with Gasteiger partial charge in [0, 0.05) is 11.1 Å². The van der Waals surface area contributed by atoms with E-state index in [-0.39, 0.29) is 0 Å². The van der Waals surface area contributed by atoms with E-state index in [4.69, 9.17) is 4.74 Å². The quantitative estimate of drug-likeness (QED) is 0.176. The highest BCUT2D eigenvalue weighted by molar-refractivity contribution is 5.96. The summed E-state index contributed by atoms with van der Waals surface area (Å²) in [5, 5.41) is 0. The van der Waals surface area contributed by atoms with Gasteiger partial charge in [-0.2, -0.15) is 0 Å². The molecule has 6 aromatic carbocycles. The Hall–Kier alpha value is -5.66. The van der Waals surface area contributed by atoms with Crippen molar-refractivity contribution in [1.82, 2.24) is 0 Å². The summed E-state index contributed by atoms with van der Waals surface area (Å²) >= 11 is 0. The first-order valence-electron chi connectivity index (χ1n) is 15.6. The van der Waals surface area contributed by atoms with Crippen molar-refractivity contribution in [2.24, 2.45) is 0 Å². The zero-order valence-corrected chi connectivity index (χ0v) is 24.6. The van der Waals surface area contributed by atoms with Gasteiger partial charge in [-0.1, -0.05) is 152 Å². The van der Waals surface area contributed by atoms with Crippen LogP contribution in [0.1, 0.15) is 50.1 Å². The lowest BCUT2D eigenvalue weighted by molar-refractivity contribution is 0.465. The van der Waals surface area contributed by atoms with Crippen molar-refractivity contribution < 1.29 is 4.74 Å². The fraction of sp³-hybridized carbons (Fsp3) is 0.0455. The molecule has 0 aromatic heterocycles. The molecule has 6 aromatic rings. The van der Waals surface area contributed by atoms with Crippen LogP contribution in [0.2, 0.25) is 0 Å². The standard InChI is InChI=1S/C44H28O/c1-28-14-12-13-27-45-42-29(28)25-26-33-32-17-4-7-20-36(32)44(41(33)42)39-23-10-8-21-37(39)43(38-22-9-11-24-40(38)44)34-18-5-2-15-30(34)31-16-3-6-19-35(31)43/h2-27H,1H2/b14-12-,27-13-. The van der Waals surface area contributed by atoms with Gasteiger partial charge in [-0.3, -0.25) is 0 Å². The van der Waals surface area contributed by atoms with Gasteiger partial charge in [-0.05, 0) is 72.8 Å². The van der Waals surface area contributed by atoms with Crippen molar-refractivity contribution >= 4 is 5.57 Å². The fourth-order valence-corrected chi connectivity index (χ4v) is 9.09. The van der Waals surface area contributed by atoms with Crippen LogP contribution in [0.25, 0.3) is 27.8 Å². The smallest absolute Gasteiger partial charge is 0.139 e. The van der Waals surface area contributed by atoms with Crippen LogP contribution in [-0.2, 0) is 10.8 Å². The molecule has 2 spiro atoms. The third-order valence-corrected chi connectivity index (χ3v) is 10.6. The number of rotatable bonds is 0. The van der Waals surface area contributed by atoms with Gasteiger partial charge < -0.3 is 4.74 Å². The van der Waals surface area contributed by atoms with E-state index in [1.807, 2.05) is 18.4 Å². The van der Waals surface area contributed by atoms with E-state index in [9.17, 15) is 0 Å². The van der Waals surface area contributed by atoms with E-state index in [1.165, 1.54) is 66.8 Å². The number of hydrogen-bond donors (Lipinski definition) is 0. The van der Waals surface area contributed by atoms with E-state index in [0.717, 1.165) is 16.9 Å². The molecule has 0 saturated heterocycles. The molecule has 1 heterocycles. The third-order valence-electron chi connectivity index (χ3n) is 10.6. The first kappa shape index (κ1) is 24.7. The molecular formula is C44H28O. The van der Waals surface area contributed by atoms with Gasteiger partial charge in [0.05, 0.1) is 17.1 Å². The SMILES string of the molecule is C=C1/C=C\C=C/Oc2c1ccc1c2C2(c3ccccc3-1)c1ccccc1C1(c3ccccc3-c3ccccc31)c1ccccc12. The molecule has 0 unspecified atom stereocenters. The molecule has 3 aliphatic carbocycles. The molecule has 1 aliphatic heterocycles. The Morgan fingerprint density at radius 1 is 0.400 bits per heavy atom. The molecular weight excluding hydrogens is 544 g/mol. The normalized spacial score (nSPS) is 17.8. The molecule has 0 N–H and O–H groups in total. The molecule has 0 fully saturated rings. The third kappa shape index (κ3) is 2.81. The molecule has 10 rings (SSSR count). The molecule has 4 aliphatic rings. The van der Waals surface area contributed by atoms with Crippen LogP contribution in [0.5, 0.6) is 5.75 Å². The minimum Gasteiger partial charge on any atom is -0.464 e. The molecule has 1 heteroatoms. The summed E-state index contributed by atoms with van der Waals surface area (Å²) in [6.07, 6.45) is 7.83. The van der Waals surface area contributed by atoms with E-state index in [0.29, 0.717) is 0 Å². The zero-order chi connectivity index (χ0) is 29.8. The zero-order valence-electron chi connectivity index (χ0n) is 24.6. The fourth-order valence-electron chi connectivity index (χ4n) is 9.09. The van der Waals surface area contributed by atoms with Gasteiger partial charge in [-0.25, -0.2) is 0 Å². The topological polar surface area (TPSA) is 9.23 Å². The van der Waals surface area contributed by atoms with Crippen LogP contribution in [0.3, 0.4) is 0 Å². The average Bonchev–Trinajstić information content (AvgIpc) is 3.55. The molecule has 0 saturated carbocycles. The summed E-state index contributed by atoms with van der Waals surface area (Å²) in [6, 6.07) is 49.8. The van der Waals surface area contributed by atoms with Gasteiger partial charge in [0.1, 0.15) is 5.75 Å². The van der Waals surface area contributed by atoms with Crippen molar-refractivity contribution in [3.8, 4) is 28.0 Å². The number of hydrogen-bond acceptors (Lipinski definition) is 1. The van der Waals surface area contributed by atoms with Crippen LogP contribution in [-0.4, -0.2) is 0 Å². The van der Waals surface area contributed by atoms with Gasteiger partial charge in [0.15, 0.2) is 0 Å². The summed E-state index contributed by atoms with van der Waals surface area (Å²) in [5.41, 5.74) is 16.4. The summed E-state index contributed by atoms with van der Waals surface area (Å²) < 4.78 is 6.67.